The van der Waals surface area contributed by atoms with Gasteiger partial charge in [0.25, 0.3) is 0 Å². The van der Waals surface area contributed by atoms with Crippen LogP contribution in [0.2, 0.25) is 0 Å². The molecule has 0 saturated carbocycles. The summed E-state index contributed by atoms with van der Waals surface area (Å²) in [6.07, 6.45) is 9.41. The topological polar surface area (TPSA) is 32.3 Å². The van der Waals surface area contributed by atoms with Gasteiger partial charge < -0.3 is 9.80 Å². The van der Waals surface area contributed by atoms with Crippen molar-refractivity contribution in [3.8, 4) is 33.6 Å². The fourth-order valence-corrected chi connectivity index (χ4v) is 6.21. The van der Waals surface area contributed by atoms with Gasteiger partial charge in [-0.1, -0.05) is 110 Å². The molecule has 254 valence electrons. The highest BCUT2D eigenvalue weighted by atomic mass is 15.1. The van der Waals surface area contributed by atoms with Crippen LogP contribution < -0.4 is 9.80 Å². The van der Waals surface area contributed by atoms with Gasteiger partial charge in [-0.2, -0.15) is 0 Å². The van der Waals surface area contributed by atoms with Crippen LogP contribution >= 0.6 is 0 Å². The van der Waals surface area contributed by atoms with E-state index in [1.165, 1.54) is 0 Å². The van der Waals surface area contributed by atoms with Gasteiger partial charge in [0.15, 0.2) is 0 Å². The summed E-state index contributed by atoms with van der Waals surface area (Å²) in [5.74, 6) is 0. The third-order valence-electron chi connectivity index (χ3n) is 8.51. The summed E-state index contributed by atoms with van der Waals surface area (Å²) < 4.78 is 0. The van der Waals surface area contributed by atoms with Crippen LogP contribution in [0.25, 0.3) is 33.6 Å². The van der Waals surface area contributed by atoms with Crippen LogP contribution in [-0.2, 0) is 0 Å². The standard InChI is InChI=1S/C45H36N4.C3H6/c1-3-36(4-2)48(37-16-8-5-9-17-37)40-28-24-34(25-29-40)44-42(22-14-32-46-44)43-23-15-33-47-45(43)35-26-30-41(31-27-35)49(38-18-10-6-11-19-38)39-20-12-7-13-21-39;1-3-2/h3-33H,1H2,2H3;3H,1H2,2H3/b36-4+;. The number of anilines is 5. The Hall–Kier alpha value is -6.78. The summed E-state index contributed by atoms with van der Waals surface area (Å²) in [5.41, 5.74) is 12.3. The molecule has 2 heterocycles. The first-order valence-corrected chi connectivity index (χ1v) is 17.4. The Morgan fingerprint density at radius 2 is 0.827 bits per heavy atom. The third kappa shape index (κ3) is 7.83. The predicted molar refractivity (Wildman–Crippen MR) is 221 cm³/mol. The van der Waals surface area contributed by atoms with E-state index in [1.807, 2.05) is 62.6 Å². The van der Waals surface area contributed by atoms with Crippen LogP contribution in [0.15, 0.2) is 213 Å². The van der Waals surface area contributed by atoms with Crippen LogP contribution in [0, 0.1) is 0 Å². The van der Waals surface area contributed by atoms with Crippen molar-refractivity contribution in [3.63, 3.8) is 0 Å². The Balaban J connectivity index is 0.00000150. The van der Waals surface area contributed by atoms with Gasteiger partial charge in [0, 0.05) is 68.8 Å². The minimum Gasteiger partial charge on any atom is -0.311 e. The summed E-state index contributed by atoms with van der Waals surface area (Å²) >= 11 is 0. The molecule has 4 nitrogen and oxygen atoms in total. The van der Waals surface area contributed by atoms with E-state index in [9.17, 15) is 0 Å². The molecule has 0 aliphatic carbocycles. The predicted octanol–water partition coefficient (Wildman–Crippen LogP) is 13.4. The van der Waals surface area contributed by atoms with Crippen molar-refractivity contribution in [2.24, 2.45) is 0 Å². The van der Waals surface area contributed by atoms with E-state index in [2.05, 4.69) is 162 Å². The SMILES string of the molecule is C=C/C(=C\C)N(c1ccccc1)c1ccc(-c2ncccc2-c2cccnc2-c2ccc(N(c3ccccc3)c3ccccc3)cc2)cc1.C=CC. The normalized spacial score (nSPS) is 10.8. The average Bonchev–Trinajstić information content (AvgIpc) is 3.22. The number of benzene rings is 5. The quantitative estimate of drug-likeness (QED) is 0.107. The summed E-state index contributed by atoms with van der Waals surface area (Å²) in [6.45, 7) is 11.3. The Morgan fingerprint density at radius 3 is 1.23 bits per heavy atom. The van der Waals surface area contributed by atoms with Crippen LogP contribution in [0.5, 0.6) is 0 Å². The number of hydrogen-bond acceptors (Lipinski definition) is 4. The number of pyridine rings is 2. The highest BCUT2D eigenvalue weighted by Crippen LogP contribution is 2.39. The molecule has 4 heteroatoms. The molecule has 0 unspecified atom stereocenters. The molecular weight excluding hydrogens is 633 g/mol. The minimum absolute atomic E-state index is 0.903. The third-order valence-corrected chi connectivity index (χ3v) is 8.51. The highest BCUT2D eigenvalue weighted by Gasteiger charge is 2.18. The van der Waals surface area contributed by atoms with Gasteiger partial charge in [-0.3, -0.25) is 9.97 Å². The summed E-state index contributed by atoms with van der Waals surface area (Å²) in [5, 5.41) is 0. The highest BCUT2D eigenvalue weighted by molar-refractivity contribution is 5.89. The lowest BCUT2D eigenvalue weighted by Gasteiger charge is -2.26. The fraction of sp³-hybridized carbons (Fsp3) is 0.0417. The second-order valence-electron chi connectivity index (χ2n) is 11.9. The van der Waals surface area contributed by atoms with Gasteiger partial charge in [-0.05, 0) is 92.7 Å². The second kappa shape index (κ2) is 17.2. The number of nitrogens with zero attached hydrogens (tertiary/aromatic N) is 4. The van der Waals surface area contributed by atoms with Gasteiger partial charge in [0.1, 0.15) is 0 Å². The lowest BCUT2D eigenvalue weighted by atomic mass is 9.95. The molecule has 0 spiro atoms. The molecule has 0 N–H and O–H groups in total. The molecule has 2 aromatic heterocycles. The van der Waals surface area contributed by atoms with Crippen LogP contribution in [-0.4, -0.2) is 9.97 Å². The van der Waals surface area contributed by atoms with Crippen molar-refractivity contribution in [1.29, 1.82) is 0 Å². The van der Waals surface area contributed by atoms with Crippen molar-refractivity contribution in [2.75, 3.05) is 9.80 Å². The largest absolute Gasteiger partial charge is 0.311 e. The number of allylic oxidation sites excluding steroid dienone is 3. The molecular formula is C48H42N4. The Kier molecular flexibility index (Phi) is 11.6. The van der Waals surface area contributed by atoms with Gasteiger partial charge in [-0.15, -0.1) is 6.58 Å². The zero-order valence-corrected chi connectivity index (χ0v) is 29.7. The van der Waals surface area contributed by atoms with E-state index in [0.717, 1.165) is 67.8 Å². The van der Waals surface area contributed by atoms with E-state index in [1.54, 1.807) is 6.08 Å². The molecule has 0 saturated heterocycles. The lowest BCUT2D eigenvalue weighted by Crippen LogP contribution is -2.14. The molecule has 0 fully saturated rings. The monoisotopic (exact) mass is 674 g/mol. The molecule has 7 aromatic rings. The van der Waals surface area contributed by atoms with Crippen molar-refractivity contribution in [3.05, 3.63) is 213 Å². The van der Waals surface area contributed by atoms with Crippen LogP contribution in [0.3, 0.4) is 0 Å². The summed E-state index contributed by atoms with van der Waals surface area (Å²) in [4.78, 5) is 14.3. The maximum Gasteiger partial charge on any atom is 0.0781 e. The number of rotatable bonds is 10. The molecule has 7 rings (SSSR count). The Morgan fingerprint density at radius 1 is 0.462 bits per heavy atom. The van der Waals surface area contributed by atoms with Gasteiger partial charge >= 0.3 is 0 Å². The molecule has 52 heavy (non-hydrogen) atoms. The van der Waals surface area contributed by atoms with Crippen molar-refractivity contribution >= 4 is 28.4 Å². The molecule has 5 aromatic carbocycles. The molecule has 0 bridgehead atoms. The first kappa shape index (κ1) is 35.1. The zero-order valence-electron chi connectivity index (χ0n) is 29.7. The number of para-hydroxylation sites is 3. The molecule has 0 amide bonds. The van der Waals surface area contributed by atoms with Crippen LogP contribution in [0.1, 0.15) is 13.8 Å². The molecule has 0 atom stereocenters. The maximum absolute atomic E-state index is 4.90. The van der Waals surface area contributed by atoms with Gasteiger partial charge in [0.2, 0.25) is 0 Å². The summed E-state index contributed by atoms with van der Waals surface area (Å²) in [7, 11) is 0. The Labute approximate surface area is 308 Å². The van der Waals surface area contributed by atoms with E-state index in [-0.39, 0.29) is 0 Å². The molecule has 0 aliphatic heterocycles. The average molecular weight is 675 g/mol. The lowest BCUT2D eigenvalue weighted by molar-refractivity contribution is 1.20. The minimum atomic E-state index is 0.903. The van der Waals surface area contributed by atoms with E-state index >= 15 is 0 Å². The maximum atomic E-state index is 4.90. The van der Waals surface area contributed by atoms with Gasteiger partial charge in [0.05, 0.1) is 11.4 Å². The molecule has 0 radical (unpaired) electrons. The summed E-state index contributed by atoms with van der Waals surface area (Å²) in [6, 6.07) is 56.7. The van der Waals surface area contributed by atoms with Gasteiger partial charge in [-0.25, -0.2) is 0 Å². The van der Waals surface area contributed by atoms with Crippen molar-refractivity contribution in [1.82, 2.24) is 9.97 Å². The smallest absolute Gasteiger partial charge is 0.0781 e. The van der Waals surface area contributed by atoms with E-state index < -0.39 is 0 Å². The first-order valence-electron chi connectivity index (χ1n) is 17.4. The zero-order chi connectivity index (χ0) is 36.1. The molecule has 0 aliphatic rings. The number of aromatic nitrogens is 2. The van der Waals surface area contributed by atoms with Crippen LogP contribution in [0.4, 0.5) is 28.4 Å². The van der Waals surface area contributed by atoms with E-state index in [0.29, 0.717) is 0 Å². The van der Waals surface area contributed by atoms with Crippen molar-refractivity contribution in [2.45, 2.75) is 13.8 Å². The van der Waals surface area contributed by atoms with E-state index in [4.69, 9.17) is 9.97 Å². The second-order valence-corrected chi connectivity index (χ2v) is 11.9. The Bertz CT molecular complexity index is 2190. The number of hydrogen-bond donors (Lipinski definition) is 0. The first-order chi connectivity index (χ1) is 25.7. The fourth-order valence-electron chi connectivity index (χ4n) is 6.21. The van der Waals surface area contributed by atoms with Crippen molar-refractivity contribution < 1.29 is 0 Å².